The van der Waals surface area contributed by atoms with Crippen LogP contribution in [0.15, 0.2) is 30.3 Å². The van der Waals surface area contributed by atoms with Crippen molar-refractivity contribution in [3.8, 4) is 0 Å². The highest BCUT2D eigenvalue weighted by atomic mass is 35.5. The van der Waals surface area contributed by atoms with Crippen molar-refractivity contribution in [1.29, 1.82) is 0 Å². The lowest BCUT2D eigenvalue weighted by Crippen LogP contribution is -2.26. The molecule has 0 saturated carbocycles. The fraction of sp³-hybridized carbons (Fsp3) is 0.400. The van der Waals surface area contributed by atoms with E-state index in [2.05, 4.69) is 28.2 Å². The first-order valence-corrected chi connectivity index (χ1v) is 7.18. The Labute approximate surface area is 118 Å². The number of anilines is 1. The Balaban J connectivity index is 1.80. The zero-order chi connectivity index (χ0) is 13.2. The first-order valence-electron chi connectivity index (χ1n) is 6.80. The number of nitrogens with one attached hydrogen (secondary N) is 1. The molecular weight excluding hydrogens is 258 g/mol. The van der Waals surface area contributed by atoms with E-state index >= 15 is 0 Å². The highest BCUT2D eigenvalue weighted by Crippen LogP contribution is 2.23. The Morgan fingerprint density at radius 1 is 1.37 bits per heavy atom. The zero-order valence-corrected chi connectivity index (χ0v) is 11.8. The van der Waals surface area contributed by atoms with Crippen LogP contribution in [0.3, 0.4) is 0 Å². The second-order valence-corrected chi connectivity index (χ2v) is 5.44. The summed E-state index contributed by atoms with van der Waals surface area (Å²) in [4.78, 5) is 7.08. The number of hydrogen-bond donors (Lipinski definition) is 1. The van der Waals surface area contributed by atoms with Crippen molar-refractivity contribution < 1.29 is 0 Å². The molecule has 0 radical (unpaired) electrons. The van der Waals surface area contributed by atoms with Crippen LogP contribution in [0.4, 0.5) is 5.82 Å². The average Bonchev–Trinajstić information content (AvgIpc) is 2.87. The Hall–Kier alpha value is -1.32. The van der Waals surface area contributed by atoms with Crippen molar-refractivity contribution in [1.82, 2.24) is 9.88 Å². The Morgan fingerprint density at radius 3 is 3.05 bits per heavy atom. The summed E-state index contributed by atoms with van der Waals surface area (Å²) >= 11 is 6.19. The summed E-state index contributed by atoms with van der Waals surface area (Å²) in [6, 6.07) is 10.5. The number of para-hydroxylation sites is 1. The van der Waals surface area contributed by atoms with Gasteiger partial charge in [0.25, 0.3) is 0 Å². The molecule has 1 aromatic heterocycles. The number of benzene rings is 1. The topological polar surface area (TPSA) is 28.2 Å². The largest absolute Gasteiger partial charge is 0.366 e. The molecule has 1 atom stereocenters. The predicted octanol–water partition coefficient (Wildman–Crippen LogP) is 3.39. The van der Waals surface area contributed by atoms with Crippen molar-refractivity contribution in [3.63, 3.8) is 0 Å². The molecule has 1 fully saturated rings. The Kier molecular flexibility index (Phi) is 3.58. The molecule has 0 amide bonds. The number of fused-ring (bicyclic) bond motifs is 1. The van der Waals surface area contributed by atoms with Crippen LogP contribution in [-0.2, 0) is 0 Å². The van der Waals surface area contributed by atoms with E-state index in [9.17, 15) is 0 Å². The number of pyridine rings is 1. The number of nitrogens with zero attached hydrogens (tertiary/aromatic N) is 2. The summed E-state index contributed by atoms with van der Waals surface area (Å²) in [5.41, 5.74) is 0.875. The molecule has 100 valence electrons. The molecule has 4 heteroatoms. The normalized spacial score (nSPS) is 20.0. The smallest absolute Gasteiger partial charge is 0.126 e. The van der Waals surface area contributed by atoms with Gasteiger partial charge in [0.15, 0.2) is 0 Å². The van der Waals surface area contributed by atoms with E-state index in [-0.39, 0.29) is 0 Å². The standard InChI is InChI=1S/C15H18ClN3/c1-2-19-9-8-12(10-19)17-14-7-6-11-4-3-5-13(16)15(11)18-14/h3-7,12H,2,8-10H2,1H3,(H,17,18). The summed E-state index contributed by atoms with van der Waals surface area (Å²) in [5, 5.41) is 5.31. The summed E-state index contributed by atoms with van der Waals surface area (Å²) in [5.74, 6) is 0.920. The first-order chi connectivity index (χ1) is 9.26. The monoisotopic (exact) mass is 275 g/mol. The van der Waals surface area contributed by atoms with Crippen molar-refractivity contribution >= 4 is 28.3 Å². The van der Waals surface area contributed by atoms with Crippen molar-refractivity contribution in [2.75, 3.05) is 25.0 Å². The maximum Gasteiger partial charge on any atom is 0.126 e. The lowest BCUT2D eigenvalue weighted by atomic mass is 10.2. The minimum atomic E-state index is 0.493. The second-order valence-electron chi connectivity index (χ2n) is 5.03. The van der Waals surface area contributed by atoms with Gasteiger partial charge in [-0.15, -0.1) is 0 Å². The average molecular weight is 276 g/mol. The maximum absolute atomic E-state index is 6.19. The molecule has 3 nitrogen and oxygen atoms in total. The minimum Gasteiger partial charge on any atom is -0.366 e. The Bertz CT molecular complexity index is 585. The van der Waals surface area contributed by atoms with Gasteiger partial charge in [-0.25, -0.2) is 4.98 Å². The number of rotatable bonds is 3. The maximum atomic E-state index is 6.19. The fourth-order valence-corrected chi connectivity index (χ4v) is 2.86. The summed E-state index contributed by atoms with van der Waals surface area (Å²) in [6.07, 6.45) is 1.18. The van der Waals surface area contributed by atoms with Crippen LogP contribution in [0, 0.1) is 0 Å². The van der Waals surface area contributed by atoms with E-state index in [1.165, 1.54) is 13.0 Å². The number of halogens is 1. The van der Waals surface area contributed by atoms with E-state index in [0.29, 0.717) is 11.1 Å². The Morgan fingerprint density at radius 2 is 2.26 bits per heavy atom. The van der Waals surface area contributed by atoms with Gasteiger partial charge in [0.2, 0.25) is 0 Å². The van der Waals surface area contributed by atoms with Crippen LogP contribution in [-0.4, -0.2) is 35.6 Å². The molecule has 2 aromatic rings. The molecule has 0 bridgehead atoms. The van der Waals surface area contributed by atoms with E-state index in [1.807, 2.05) is 24.3 Å². The lowest BCUT2D eigenvalue weighted by molar-refractivity contribution is 0.356. The van der Waals surface area contributed by atoms with Gasteiger partial charge in [0, 0.05) is 24.5 Å². The van der Waals surface area contributed by atoms with Crippen LogP contribution in [0.1, 0.15) is 13.3 Å². The van der Waals surface area contributed by atoms with E-state index in [0.717, 1.165) is 29.8 Å². The van der Waals surface area contributed by atoms with E-state index < -0.39 is 0 Å². The van der Waals surface area contributed by atoms with Gasteiger partial charge in [0.05, 0.1) is 10.5 Å². The molecule has 1 saturated heterocycles. The van der Waals surface area contributed by atoms with E-state index in [1.54, 1.807) is 0 Å². The van der Waals surface area contributed by atoms with Crippen LogP contribution in [0.2, 0.25) is 5.02 Å². The second kappa shape index (κ2) is 5.35. The first kappa shape index (κ1) is 12.7. The molecule has 3 rings (SSSR count). The van der Waals surface area contributed by atoms with Crippen molar-refractivity contribution in [2.45, 2.75) is 19.4 Å². The highest BCUT2D eigenvalue weighted by Gasteiger charge is 2.21. The highest BCUT2D eigenvalue weighted by molar-refractivity contribution is 6.35. The minimum absolute atomic E-state index is 0.493. The molecule has 0 spiro atoms. The molecule has 1 aromatic carbocycles. The molecule has 1 unspecified atom stereocenters. The molecular formula is C15H18ClN3. The van der Waals surface area contributed by atoms with Crippen LogP contribution in [0.25, 0.3) is 10.9 Å². The summed E-state index contributed by atoms with van der Waals surface area (Å²) in [6.45, 7) is 5.59. The number of likely N-dealkylation sites (N-methyl/N-ethyl adjacent to an activating group) is 1. The summed E-state index contributed by atoms with van der Waals surface area (Å²) < 4.78 is 0. The molecule has 1 N–H and O–H groups in total. The third kappa shape index (κ3) is 2.67. The van der Waals surface area contributed by atoms with Gasteiger partial charge in [-0.2, -0.15) is 0 Å². The number of likely N-dealkylation sites (tertiary alicyclic amines) is 1. The number of aromatic nitrogens is 1. The molecule has 1 aliphatic heterocycles. The van der Waals surface area contributed by atoms with Crippen LogP contribution >= 0.6 is 11.6 Å². The molecule has 2 heterocycles. The summed E-state index contributed by atoms with van der Waals surface area (Å²) in [7, 11) is 0. The molecule has 1 aliphatic rings. The van der Waals surface area contributed by atoms with Gasteiger partial charge in [-0.1, -0.05) is 30.7 Å². The number of hydrogen-bond acceptors (Lipinski definition) is 3. The van der Waals surface area contributed by atoms with Crippen molar-refractivity contribution in [3.05, 3.63) is 35.4 Å². The van der Waals surface area contributed by atoms with Gasteiger partial charge in [0.1, 0.15) is 5.82 Å². The van der Waals surface area contributed by atoms with Gasteiger partial charge < -0.3 is 10.2 Å². The van der Waals surface area contributed by atoms with Crippen LogP contribution in [0.5, 0.6) is 0 Å². The van der Waals surface area contributed by atoms with Crippen molar-refractivity contribution in [2.24, 2.45) is 0 Å². The molecule has 19 heavy (non-hydrogen) atoms. The molecule has 0 aliphatic carbocycles. The van der Waals surface area contributed by atoms with Gasteiger partial charge >= 0.3 is 0 Å². The quantitative estimate of drug-likeness (QED) is 0.931. The van der Waals surface area contributed by atoms with Crippen LogP contribution < -0.4 is 5.32 Å². The van der Waals surface area contributed by atoms with E-state index in [4.69, 9.17) is 11.6 Å². The predicted molar refractivity (Wildman–Crippen MR) is 80.9 cm³/mol. The fourth-order valence-electron chi connectivity index (χ4n) is 2.64. The zero-order valence-electron chi connectivity index (χ0n) is 11.1. The van der Waals surface area contributed by atoms with Gasteiger partial charge in [-0.3, -0.25) is 0 Å². The SMILES string of the molecule is CCN1CCC(Nc2ccc3cccc(Cl)c3n2)C1. The van der Waals surface area contributed by atoms with Gasteiger partial charge in [-0.05, 0) is 31.2 Å². The third-order valence-electron chi connectivity index (χ3n) is 3.74. The lowest BCUT2D eigenvalue weighted by Gasteiger charge is -2.15. The third-order valence-corrected chi connectivity index (χ3v) is 4.05.